The molecule has 1 aliphatic rings. The molecule has 39 heavy (non-hydrogen) atoms. The zero-order valence-corrected chi connectivity index (χ0v) is 21.1. The van der Waals surface area contributed by atoms with Crippen LogP contribution in [-0.2, 0) is 11.4 Å². The Bertz CT molecular complexity index is 1410. The molecule has 3 aromatic rings. The molecule has 1 N–H and O–H groups in total. The molecule has 0 saturated carbocycles. The third-order valence-electron chi connectivity index (χ3n) is 5.95. The number of nitrogens with zero attached hydrogens (tertiary/aromatic N) is 4. The molecule has 3 aromatic carbocycles. The van der Waals surface area contributed by atoms with Crippen LogP contribution in [0.5, 0.6) is 5.75 Å². The largest absolute Gasteiger partial charge is 0.489 e. The molecule has 1 aliphatic heterocycles. The van der Waals surface area contributed by atoms with E-state index in [1.807, 2.05) is 18.2 Å². The average molecular weight is 552 g/mol. The van der Waals surface area contributed by atoms with Gasteiger partial charge in [0.1, 0.15) is 18.4 Å². The van der Waals surface area contributed by atoms with E-state index in [2.05, 4.69) is 10.5 Å². The van der Waals surface area contributed by atoms with Gasteiger partial charge in [0, 0.05) is 23.7 Å². The number of benzene rings is 3. The van der Waals surface area contributed by atoms with Crippen molar-refractivity contribution in [2.75, 3.05) is 6.54 Å². The molecular formula is C26H22ClN5O7. The Labute approximate surface area is 227 Å². The number of hydrazone groups is 1. The van der Waals surface area contributed by atoms with Crippen molar-refractivity contribution in [3.05, 3.63) is 109 Å². The summed E-state index contributed by atoms with van der Waals surface area (Å²) in [7, 11) is 0. The zero-order chi connectivity index (χ0) is 27.9. The van der Waals surface area contributed by atoms with Crippen LogP contribution < -0.4 is 10.2 Å². The number of hydrogen-bond acceptors (Lipinski definition) is 8. The van der Waals surface area contributed by atoms with Gasteiger partial charge in [-0.25, -0.2) is 5.43 Å². The maximum Gasteiger partial charge on any atom is 0.277 e. The first kappa shape index (κ1) is 27.2. The van der Waals surface area contributed by atoms with E-state index in [1.54, 1.807) is 30.3 Å². The summed E-state index contributed by atoms with van der Waals surface area (Å²) < 4.78 is 5.74. The fraction of sp³-hybridized carbons (Fsp3) is 0.192. The molecule has 1 fully saturated rings. The lowest BCUT2D eigenvalue weighted by Gasteiger charge is -2.23. The zero-order valence-electron chi connectivity index (χ0n) is 20.4. The summed E-state index contributed by atoms with van der Waals surface area (Å²) in [6, 6.07) is 16.2. The van der Waals surface area contributed by atoms with Crippen LogP contribution in [0.1, 0.15) is 34.3 Å². The topological polar surface area (TPSA) is 157 Å². The number of nitrogens with one attached hydrogen (secondary N) is 1. The van der Waals surface area contributed by atoms with Crippen LogP contribution in [-0.4, -0.2) is 45.4 Å². The van der Waals surface area contributed by atoms with Crippen LogP contribution in [0.3, 0.4) is 0 Å². The van der Waals surface area contributed by atoms with Gasteiger partial charge in [0.25, 0.3) is 23.2 Å². The van der Waals surface area contributed by atoms with Crippen molar-refractivity contribution in [2.45, 2.75) is 25.5 Å². The fourth-order valence-electron chi connectivity index (χ4n) is 4.07. The Kier molecular flexibility index (Phi) is 8.46. The summed E-state index contributed by atoms with van der Waals surface area (Å²) in [5.74, 6) is -0.618. The number of rotatable bonds is 9. The SMILES string of the molecule is O=C(N/N=C\c1ccc(OCc2cccc(Cl)c2)cc1)[C@@H]1CCCN1C(=O)c1cc([N+](=O)[O-])cc([N+](=O)[O-])c1. The van der Waals surface area contributed by atoms with E-state index in [4.69, 9.17) is 16.3 Å². The Morgan fingerprint density at radius 1 is 1.05 bits per heavy atom. The highest BCUT2D eigenvalue weighted by atomic mass is 35.5. The van der Waals surface area contributed by atoms with E-state index >= 15 is 0 Å². The number of carbonyl (C=O) groups excluding carboxylic acids is 2. The van der Waals surface area contributed by atoms with Gasteiger partial charge in [-0.3, -0.25) is 29.8 Å². The second-order valence-electron chi connectivity index (χ2n) is 8.63. The Morgan fingerprint density at radius 2 is 1.74 bits per heavy atom. The Balaban J connectivity index is 1.36. The first-order valence-electron chi connectivity index (χ1n) is 11.8. The van der Waals surface area contributed by atoms with Crippen LogP contribution in [0, 0.1) is 20.2 Å². The summed E-state index contributed by atoms with van der Waals surface area (Å²) in [6.45, 7) is 0.568. The molecule has 4 rings (SSSR count). The molecule has 0 spiro atoms. The molecular weight excluding hydrogens is 530 g/mol. The lowest BCUT2D eigenvalue weighted by molar-refractivity contribution is -0.394. The van der Waals surface area contributed by atoms with E-state index in [0.717, 1.165) is 23.8 Å². The lowest BCUT2D eigenvalue weighted by Crippen LogP contribution is -2.44. The van der Waals surface area contributed by atoms with Gasteiger partial charge in [-0.1, -0.05) is 23.7 Å². The summed E-state index contributed by atoms with van der Waals surface area (Å²) in [5.41, 5.74) is 2.62. The first-order chi connectivity index (χ1) is 18.7. The molecule has 1 heterocycles. The van der Waals surface area contributed by atoms with Gasteiger partial charge < -0.3 is 9.64 Å². The molecule has 1 saturated heterocycles. The molecule has 0 aliphatic carbocycles. The number of ether oxygens (including phenoxy) is 1. The van der Waals surface area contributed by atoms with E-state index in [-0.39, 0.29) is 12.1 Å². The van der Waals surface area contributed by atoms with E-state index < -0.39 is 39.1 Å². The Hall–Kier alpha value is -4.84. The Morgan fingerprint density at radius 3 is 2.38 bits per heavy atom. The van der Waals surface area contributed by atoms with Gasteiger partial charge in [0.05, 0.1) is 27.7 Å². The molecule has 12 nitrogen and oxygen atoms in total. The average Bonchev–Trinajstić information content (AvgIpc) is 3.42. The third kappa shape index (κ3) is 6.93. The number of carbonyl (C=O) groups is 2. The van der Waals surface area contributed by atoms with Crippen molar-refractivity contribution < 1.29 is 24.2 Å². The standard InChI is InChI=1S/C26H22ClN5O7/c27-20-4-1-3-18(11-20)16-39-23-8-6-17(7-9-23)15-28-29-25(33)24-5-2-10-30(24)26(34)19-12-21(31(35)36)14-22(13-19)32(37)38/h1,3-4,6-9,11-15,24H,2,5,10,16H2,(H,29,33)/b28-15-/t24-/m0/s1. The van der Waals surface area contributed by atoms with Crippen LogP contribution in [0.4, 0.5) is 11.4 Å². The number of nitro groups is 2. The maximum atomic E-state index is 13.0. The minimum Gasteiger partial charge on any atom is -0.489 e. The highest BCUT2D eigenvalue weighted by Gasteiger charge is 2.35. The van der Waals surface area contributed by atoms with Crippen molar-refractivity contribution >= 4 is 41.0 Å². The molecule has 0 radical (unpaired) electrons. The summed E-state index contributed by atoms with van der Waals surface area (Å²) in [5, 5.41) is 26.9. The number of halogens is 1. The second-order valence-corrected chi connectivity index (χ2v) is 9.07. The number of likely N-dealkylation sites (tertiary alicyclic amines) is 1. The van der Waals surface area contributed by atoms with Crippen molar-refractivity contribution in [1.82, 2.24) is 10.3 Å². The smallest absolute Gasteiger partial charge is 0.277 e. The van der Waals surface area contributed by atoms with Crippen LogP contribution in [0.15, 0.2) is 71.8 Å². The van der Waals surface area contributed by atoms with Gasteiger partial charge in [0.15, 0.2) is 0 Å². The monoisotopic (exact) mass is 551 g/mol. The number of hydrogen-bond donors (Lipinski definition) is 1. The van der Waals surface area contributed by atoms with Gasteiger partial charge >= 0.3 is 0 Å². The van der Waals surface area contributed by atoms with E-state index in [9.17, 15) is 29.8 Å². The van der Waals surface area contributed by atoms with E-state index in [0.29, 0.717) is 35.8 Å². The summed E-state index contributed by atoms with van der Waals surface area (Å²) >= 11 is 5.98. The van der Waals surface area contributed by atoms with Crippen molar-refractivity contribution in [1.29, 1.82) is 0 Å². The number of nitro benzene ring substituents is 2. The van der Waals surface area contributed by atoms with Gasteiger partial charge in [-0.05, 0) is 60.4 Å². The number of non-ortho nitro benzene ring substituents is 2. The van der Waals surface area contributed by atoms with E-state index in [1.165, 1.54) is 11.1 Å². The normalized spacial score (nSPS) is 14.8. The minimum absolute atomic E-state index is 0.216. The predicted molar refractivity (Wildman–Crippen MR) is 142 cm³/mol. The molecule has 0 aromatic heterocycles. The third-order valence-corrected chi connectivity index (χ3v) is 6.19. The maximum absolute atomic E-state index is 13.0. The van der Waals surface area contributed by atoms with Gasteiger partial charge in [-0.15, -0.1) is 0 Å². The first-order valence-corrected chi connectivity index (χ1v) is 12.1. The van der Waals surface area contributed by atoms with Crippen LogP contribution in [0.2, 0.25) is 5.02 Å². The fourth-order valence-corrected chi connectivity index (χ4v) is 4.28. The van der Waals surface area contributed by atoms with Gasteiger partial charge in [0.2, 0.25) is 0 Å². The highest BCUT2D eigenvalue weighted by Crippen LogP contribution is 2.26. The highest BCUT2D eigenvalue weighted by molar-refractivity contribution is 6.30. The predicted octanol–water partition coefficient (Wildman–Crippen LogP) is 4.49. The summed E-state index contributed by atoms with van der Waals surface area (Å²) in [6.07, 6.45) is 2.30. The number of amides is 2. The van der Waals surface area contributed by atoms with Crippen LogP contribution >= 0.6 is 11.6 Å². The molecule has 200 valence electrons. The summed E-state index contributed by atoms with van der Waals surface area (Å²) in [4.78, 5) is 47.7. The van der Waals surface area contributed by atoms with Gasteiger partial charge in [-0.2, -0.15) is 5.10 Å². The van der Waals surface area contributed by atoms with Crippen molar-refractivity contribution in [2.24, 2.45) is 5.10 Å². The molecule has 0 bridgehead atoms. The van der Waals surface area contributed by atoms with Crippen molar-refractivity contribution in [3.63, 3.8) is 0 Å². The van der Waals surface area contributed by atoms with Crippen LogP contribution in [0.25, 0.3) is 0 Å². The minimum atomic E-state index is -0.879. The quantitative estimate of drug-likeness (QED) is 0.233. The molecule has 0 unspecified atom stereocenters. The molecule has 13 heteroatoms. The molecule has 1 atom stereocenters. The lowest BCUT2D eigenvalue weighted by atomic mass is 10.1. The van der Waals surface area contributed by atoms with Crippen molar-refractivity contribution in [3.8, 4) is 5.75 Å². The molecule has 2 amide bonds. The second kappa shape index (κ2) is 12.1.